The number of hydrogen-bond acceptors (Lipinski definition) is 1. The minimum atomic E-state index is -0.505. The molecule has 1 N–H and O–H groups in total. The van der Waals surface area contributed by atoms with E-state index >= 15 is 0 Å². The first kappa shape index (κ1) is 19.2. The van der Waals surface area contributed by atoms with Crippen LogP contribution in [-0.2, 0) is 12.1 Å². The molecule has 0 unspecified atom stereocenters. The summed E-state index contributed by atoms with van der Waals surface area (Å²) in [4.78, 5) is 13.1. The number of halogens is 1. The number of nitrogens with one attached hydrogen (secondary N) is 1. The van der Waals surface area contributed by atoms with Crippen molar-refractivity contribution in [3.05, 3.63) is 71.7 Å². The number of hydrogen-bond donors (Lipinski definition) is 1. The molecule has 0 aliphatic heterocycles. The lowest BCUT2D eigenvalue weighted by Gasteiger charge is -2.26. The van der Waals surface area contributed by atoms with Crippen LogP contribution in [0.3, 0.4) is 0 Å². The molecular weight excluding hydrogens is 339 g/mol. The summed E-state index contributed by atoms with van der Waals surface area (Å²) in [6.45, 7) is 6.90. The molecule has 0 aliphatic rings. The topological polar surface area (TPSA) is 34.0 Å². The number of carbonyl (C=O) groups excluding carboxylic acids is 1. The molecule has 3 nitrogen and oxygen atoms in total. The molecule has 0 aliphatic carbocycles. The average Bonchev–Trinajstić information content (AvgIpc) is 3.00. The van der Waals surface area contributed by atoms with Gasteiger partial charge in [0.15, 0.2) is 0 Å². The summed E-state index contributed by atoms with van der Waals surface area (Å²) in [5.74, 6) is -0.427. The van der Waals surface area contributed by atoms with E-state index in [-0.39, 0.29) is 11.7 Å². The Labute approximate surface area is 160 Å². The Balaban J connectivity index is 1.92. The van der Waals surface area contributed by atoms with E-state index in [1.807, 2.05) is 54.9 Å². The monoisotopic (exact) mass is 366 g/mol. The van der Waals surface area contributed by atoms with Gasteiger partial charge in [-0.25, -0.2) is 4.39 Å². The Kier molecular flexibility index (Phi) is 5.64. The van der Waals surface area contributed by atoms with Crippen molar-refractivity contribution in [1.82, 2.24) is 9.88 Å². The highest BCUT2D eigenvalue weighted by atomic mass is 19.1. The first-order valence-electron chi connectivity index (χ1n) is 9.59. The van der Waals surface area contributed by atoms with Crippen molar-refractivity contribution in [2.75, 3.05) is 0 Å². The van der Waals surface area contributed by atoms with Crippen LogP contribution in [0.15, 0.2) is 54.7 Å². The zero-order chi connectivity index (χ0) is 19.4. The number of aryl methyl sites for hydroxylation is 1. The molecular formula is C23H27FN2O. The summed E-state index contributed by atoms with van der Waals surface area (Å²) in [6.07, 6.45) is 5.09. The van der Waals surface area contributed by atoms with E-state index in [1.54, 1.807) is 6.07 Å². The molecule has 4 heteroatoms. The van der Waals surface area contributed by atoms with Crippen molar-refractivity contribution in [2.24, 2.45) is 0 Å². The summed E-state index contributed by atoms with van der Waals surface area (Å²) in [5, 5.41) is 3.92. The molecule has 1 aromatic heterocycles. The quantitative estimate of drug-likeness (QED) is 0.540. The molecule has 27 heavy (non-hydrogen) atoms. The van der Waals surface area contributed by atoms with Gasteiger partial charge in [0, 0.05) is 18.1 Å². The van der Waals surface area contributed by atoms with Crippen LogP contribution in [0.5, 0.6) is 0 Å². The van der Waals surface area contributed by atoms with E-state index in [2.05, 4.69) is 12.2 Å². The number of unbranched alkanes of at least 4 members (excludes halogenated alkanes) is 2. The first-order valence-corrected chi connectivity index (χ1v) is 9.59. The predicted octanol–water partition coefficient (Wildman–Crippen LogP) is 5.64. The van der Waals surface area contributed by atoms with Gasteiger partial charge in [0.25, 0.3) is 5.91 Å². The van der Waals surface area contributed by atoms with Gasteiger partial charge in [-0.3, -0.25) is 4.79 Å². The van der Waals surface area contributed by atoms with Crippen molar-refractivity contribution >= 4 is 16.8 Å². The summed E-state index contributed by atoms with van der Waals surface area (Å²) in [6, 6.07) is 14.5. The van der Waals surface area contributed by atoms with Gasteiger partial charge < -0.3 is 9.88 Å². The van der Waals surface area contributed by atoms with Crippen LogP contribution in [0.1, 0.15) is 56.0 Å². The SMILES string of the molecule is CCCCCn1cc(C(=O)NC(C)(C)c2ccccc2)c2ccc(F)cc21. The predicted molar refractivity (Wildman–Crippen MR) is 108 cm³/mol. The van der Waals surface area contributed by atoms with E-state index < -0.39 is 5.54 Å². The van der Waals surface area contributed by atoms with E-state index in [0.717, 1.165) is 42.3 Å². The molecule has 0 saturated heterocycles. The van der Waals surface area contributed by atoms with E-state index in [0.29, 0.717) is 5.56 Å². The lowest BCUT2D eigenvalue weighted by molar-refractivity contribution is 0.0913. The second-order valence-electron chi connectivity index (χ2n) is 7.55. The number of aromatic nitrogens is 1. The number of rotatable bonds is 7. The lowest BCUT2D eigenvalue weighted by atomic mass is 9.94. The first-order chi connectivity index (χ1) is 12.9. The van der Waals surface area contributed by atoms with Crippen molar-refractivity contribution < 1.29 is 9.18 Å². The van der Waals surface area contributed by atoms with Crippen LogP contribution in [0.4, 0.5) is 4.39 Å². The Bertz CT molecular complexity index is 928. The summed E-state index contributed by atoms with van der Waals surface area (Å²) >= 11 is 0. The van der Waals surface area contributed by atoms with Crippen LogP contribution >= 0.6 is 0 Å². The minimum Gasteiger partial charge on any atom is -0.347 e. The van der Waals surface area contributed by atoms with Crippen molar-refractivity contribution in [3.8, 4) is 0 Å². The molecule has 0 saturated carbocycles. The van der Waals surface area contributed by atoms with Crippen molar-refractivity contribution in [3.63, 3.8) is 0 Å². The largest absolute Gasteiger partial charge is 0.347 e. The maximum atomic E-state index is 13.8. The normalized spacial score (nSPS) is 11.7. The summed E-state index contributed by atoms with van der Waals surface area (Å²) < 4.78 is 15.8. The van der Waals surface area contributed by atoms with Crippen LogP contribution in [0.2, 0.25) is 0 Å². The molecule has 3 rings (SSSR count). The minimum absolute atomic E-state index is 0.144. The third-order valence-electron chi connectivity index (χ3n) is 5.01. The third kappa shape index (κ3) is 4.21. The molecule has 1 heterocycles. The molecule has 142 valence electrons. The van der Waals surface area contributed by atoms with Crippen LogP contribution in [0.25, 0.3) is 10.9 Å². The molecule has 3 aromatic rings. The van der Waals surface area contributed by atoms with E-state index in [9.17, 15) is 9.18 Å². The smallest absolute Gasteiger partial charge is 0.254 e. The highest BCUT2D eigenvalue weighted by Crippen LogP contribution is 2.26. The van der Waals surface area contributed by atoms with Gasteiger partial charge in [-0.2, -0.15) is 0 Å². The second-order valence-corrected chi connectivity index (χ2v) is 7.55. The van der Waals surface area contributed by atoms with E-state index in [4.69, 9.17) is 0 Å². The van der Waals surface area contributed by atoms with Crippen molar-refractivity contribution in [1.29, 1.82) is 0 Å². The molecule has 0 fully saturated rings. The Morgan fingerprint density at radius 3 is 2.56 bits per heavy atom. The van der Waals surface area contributed by atoms with Gasteiger partial charge in [0.05, 0.1) is 16.6 Å². The van der Waals surface area contributed by atoms with Crippen LogP contribution in [-0.4, -0.2) is 10.5 Å². The number of amides is 1. The number of nitrogens with zero attached hydrogens (tertiary/aromatic N) is 1. The highest BCUT2D eigenvalue weighted by molar-refractivity contribution is 6.07. The van der Waals surface area contributed by atoms with Gasteiger partial charge in [-0.15, -0.1) is 0 Å². The highest BCUT2D eigenvalue weighted by Gasteiger charge is 2.25. The molecule has 1 amide bonds. The Morgan fingerprint density at radius 1 is 1.11 bits per heavy atom. The number of benzene rings is 2. The van der Waals surface area contributed by atoms with Crippen LogP contribution < -0.4 is 5.32 Å². The fourth-order valence-corrected chi connectivity index (χ4v) is 3.44. The zero-order valence-corrected chi connectivity index (χ0v) is 16.3. The average molecular weight is 366 g/mol. The second kappa shape index (κ2) is 7.95. The summed E-state index contributed by atoms with van der Waals surface area (Å²) in [5.41, 5.74) is 1.89. The van der Waals surface area contributed by atoms with Gasteiger partial charge in [-0.05, 0) is 44.0 Å². The number of carbonyl (C=O) groups is 1. The van der Waals surface area contributed by atoms with Gasteiger partial charge in [0.2, 0.25) is 0 Å². The van der Waals surface area contributed by atoms with Gasteiger partial charge in [-0.1, -0.05) is 50.1 Å². The molecule has 0 spiro atoms. The van der Waals surface area contributed by atoms with E-state index in [1.165, 1.54) is 12.1 Å². The zero-order valence-electron chi connectivity index (χ0n) is 16.3. The van der Waals surface area contributed by atoms with Gasteiger partial charge >= 0.3 is 0 Å². The third-order valence-corrected chi connectivity index (χ3v) is 5.01. The Morgan fingerprint density at radius 2 is 1.85 bits per heavy atom. The fourth-order valence-electron chi connectivity index (χ4n) is 3.44. The summed E-state index contributed by atoms with van der Waals surface area (Å²) in [7, 11) is 0. The lowest BCUT2D eigenvalue weighted by Crippen LogP contribution is -2.40. The molecule has 2 aromatic carbocycles. The molecule has 0 bridgehead atoms. The molecule has 0 radical (unpaired) electrons. The maximum Gasteiger partial charge on any atom is 0.254 e. The Hall–Kier alpha value is -2.62. The van der Waals surface area contributed by atoms with Crippen molar-refractivity contribution in [2.45, 2.75) is 52.1 Å². The standard InChI is InChI=1S/C23H27FN2O/c1-4-5-9-14-26-16-20(19-13-12-18(24)15-21(19)26)22(27)25-23(2,3)17-10-7-6-8-11-17/h6-8,10-13,15-16H,4-5,9,14H2,1-3H3,(H,25,27). The van der Waals surface area contributed by atoms with Crippen LogP contribution in [0, 0.1) is 5.82 Å². The maximum absolute atomic E-state index is 13.8. The van der Waals surface area contributed by atoms with Gasteiger partial charge in [0.1, 0.15) is 5.82 Å². The molecule has 0 atom stereocenters. The fraction of sp³-hybridized carbons (Fsp3) is 0.348. The number of fused-ring (bicyclic) bond motifs is 1.